The van der Waals surface area contributed by atoms with E-state index in [9.17, 15) is 94.3 Å². The lowest BCUT2D eigenvalue weighted by molar-refractivity contribution is -0.115. The molecule has 760 valence electrons. The molecular weight excluding hydrogens is 2370 g/mol. The molecule has 8 aromatic heterocycles. The second-order valence-corrected chi connectivity index (χ2v) is 41.2. The van der Waals surface area contributed by atoms with Gasteiger partial charge >= 0.3 is 22.8 Å². The number of anilines is 12. The number of fused-ring (bicyclic) bond motifs is 4. The third kappa shape index (κ3) is 20.5. The van der Waals surface area contributed by atoms with Crippen molar-refractivity contribution in [1.29, 1.82) is 0 Å². The molecule has 4 fully saturated rings. The first-order chi connectivity index (χ1) is 70.3. The number of hydrogen-bond donors (Lipinski definition) is 8. The highest BCUT2D eigenvalue weighted by atomic mass is 127. The third-order valence-electron chi connectivity index (χ3n) is 25.5. The van der Waals surface area contributed by atoms with E-state index < -0.39 is 90.5 Å². The van der Waals surface area contributed by atoms with E-state index in [-0.39, 0.29) is 160 Å². The van der Waals surface area contributed by atoms with Gasteiger partial charge in [-0.1, -0.05) is 24.3 Å². The molecule has 4 saturated carbocycles. The lowest BCUT2D eigenvalue weighted by atomic mass is 10.1. The molecule has 20 rings (SSSR count). The van der Waals surface area contributed by atoms with Crippen molar-refractivity contribution in [3.63, 3.8) is 0 Å². The first kappa shape index (κ1) is 104. The highest BCUT2D eigenvalue weighted by Gasteiger charge is 2.38. The summed E-state index contributed by atoms with van der Waals surface area (Å²) in [5.74, 6) is -3.01. The molecule has 8 aromatic carbocycles. The van der Waals surface area contributed by atoms with Crippen molar-refractivity contribution in [2.45, 2.75) is 131 Å². The average molecular weight is 2460 g/mol. The molecule has 0 spiro atoms. The predicted octanol–water partition coefficient (Wildman–Crippen LogP) is 15.8. The van der Waals surface area contributed by atoms with E-state index in [1.54, 1.807) is 149 Å². The molecule has 16 aromatic rings. The molecule has 8 heterocycles. The number of benzene rings is 8. The number of carbonyl (C=O) groups excluding carboxylic acids is 4. The van der Waals surface area contributed by atoms with Crippen LogP contribution in [0.1, 0.15) is 125 Å². The second kappa shape index (κ2) is 41.7. The van der Waals surface area contributed by atoms with Crippen molar-refractivity contribution in [2.24, 2.45) is 28.2 Å². The maximum Gasteiger partial charge on any atom is 0.336 e. The van der Waals surface area contributed by atoms with Gasteiger partial charge in [-0.3, -0.25) is 112 Å². The summed E-state index contributed by atoms with van der Waals surface area (Å²) in [4.78, 5) is 210. The van der Waals surface area contributed by atoms with Crippen LogP contribution in [0, 0.1) is 65.2 Å². The van der Waals surface area contributed by atoms with Crippen LogP contribution in [0.25, 0.3) is 66.4 Å². The largest absolute Gasteiger partial charge is 0.338 e. The van der Waals surface area contributed by atoms with E-state index in [0.29, 0.717) is 111 Å². The normalized spacial score (nSPS) is 13.1. The Balaban J connectivity index is 0.000000135. The van der Waals surface area contributed by atoms with Crippen LogP contribution in [0.4, 0.5) is 86.3 Å². The van der Waals surface area contributed by atoms with E-state index in [1.165, 1.54) is 159 Å². The zero-order chi connectivity index (χ0) is 106. The molecule has 4 aliphatic rings. The Kier molecular flexibility index (Phi) is 29.5. The van der Waals surface area contributed by atoms with Crippen LogP contribution in [-0.4, -0.2) is 78.4 Å². The summed E-state index contributed by atoms with van der Waals surface area (Å²) in [6, 6.07) is 43.6. The number of rotatable bonds is 20. The quantitative estimate of drug-likeness (QED) is 0.0259. The molecule has 36 nitrogen and oxygen atoms in total. The van der Waals surface area contributed by atoms with E-state index in [1.807, 2.05) is 90.4 Å². The van der Waals surface area contributed by atoms with Crippen molar-refractivity contribution in [1.82, 2.24) is 54.8 Å². The van der Waals surface area contributed by atoms with Gasteiger partial charge in [-0.05, 0) is 315 Å². The molecule has 0 radical (unpaired) electrons. The number of nitrogens with one attached hydrogen (secondary N) is 8. The summed E-state index contributed by atoms with van der Waals surface area (Å²) in [7, 11) is 5.98. The number of aryl methyl sites for hydroxylation is 4. The Morgan fingerprint density at radius 1 is 0.270 bits per heavy atom. The van der Waals surface area contributed by atoms with Crippen molar-refractivity contribution in [3.05, 3.63) is 354 Å². The van der Waals surface area contributed by atoms with Crippen LogP contribution in [0.2, 0.25) is 0 Å². The first-order valence-corrected chi connectivity index (χ1v) is 50.7. The highest BCUT2D eigenvalue weighted by molar-refractivity contribution is 14.1. The Hall–Kier alpha value is -15.0. The summed E-state index contributed by atoms with van der Waals surface area (Å²) in [6.07, 6.45) is 5.38. The Morgan fingerprint density at radius 2 is 0.453 bits per heavy atom. The van der Waals surface area contributed by atoms with Gasteiger partial charge in [-0.2, -0.15) is 0 Å². The Morgan fingerprint density at radius 3 is 0.615 bits per heavy atom. The molecule has 0 saturated heterocycles. The van der Waals surface area contributed by atoms with E-state index >= 15 is 0 Å². The van der Waals surface area contributed by atoms with Crippen molar-refractivity contribution >= 4 is 226 Å². The van der Waals surface area contributed by atoms with Crippen molar-refractivity contribution in [2.75, 3.05) is 42.5 Å². The summed E-state index contributed by atoms with van der Waals surface area (Å²) in [6.45, 7) is 11.7. The summed E-state index contributed by atoms with van der Waals surface area (Å²) in [5.41, 5.74) is -1.41. The Bertz CT molecular complexity index is 8190. The fraction of sp³-hybridized carbons (Fsp3) is 0.231. The minimum Gasteiger partial charge on any atom is -0.338 e. The van der Waals surface area contributed by atoms with Gasteiger partial charge in [0.25, 0.3) is 44.5 Å². The number of carbonyl (C=O) groups is 4. The molecule has 0 atom stereocenters. The second-order valence-electron chi connectivity index (χ2n) is 36.3. The third-order valence-corrected chi connectivity index (χ3v) is 28.1. The van der Waals surface area contributed by atoms with Gasteiger partial charge in [0.15, 0.2) is 0 Å². The van der Waals surface area contributed by atoms with E-state index in [0.717, 1.165) is 0 Å². The van der Waals surface area contributed by atoms with Crippen LogP contribution in [0.3, 0.4) is 0 Å². The van der Waals surface area contributed by atoms with Crippen LogP contribution in [-0.2, 0) is 47.4 Å². The monoisotopic (exact) mass is 2460 g/mol. The number of pyridine rings is 4. The topological polar surface area (TPSA) is 429 Å². The maximum absolute atomic E-state index is 14.8. The number of aromatic nitrogens is 12. The van der Waals surface area contributed by atoms with Gasteiger partial charge in [-0.15, -0.1) is 0 Å². The first-order valence-electron chi connectivity index (χ1n) is 46.4. The molecular formula is C104H92F4I4N20O16. The summed E-state index contributed by atoms with van der Waals surface area (Å²) < 4.78 is 77.1. The van der Waals surface area contributed by atoms with Gasteiger partial charge < -0.3 is 42.5 Å². The maximum atomic E-state index is 14.8. The lowest BCUT2D eigenvalue weighted by Gasteiger charge is -2.21. The smallest absolute Gasteiger partial charge is 0.336 e. The number of hydrogen-bond acceptors (Lipinski definition) is 20. The molecule has 0 aliphatic heterocycles. The number of amides is 4. The standard InChI is InChI=1S/4C26H23FIN5O4/c4*1-13-22-21(23(31(3)24(13)35)30-20-10-7-15(28)11-19(20)27)25(36)33(17-8-9-17)26(37)32(22)18-6-4-5-16(12-18)29-14(2)34/h4*4-7,10-12,17,30H,8-9H2,1-3H3,(H,29,34). The number of halogens is 8. The molecule has 0 bridgehead atoms. The highest BCUT2D eigenvalue weighted by Crippen LogP contribution is 2.41. The zero-order valence-corrected chi connectivity index (χ0v) is 89.7. The zero-order valence-electron chi connectivity index (χ0n) is 81.1. The van der Waals surface area contributed by atoms with E-state index in [4.69, 9.17) is 0 Å². The van der Waals surface area contributed by atoms with Crippen LogP contribution in [0.15, 0.2) is 227 Å². The SMILES string of the molecule is CC(=O)Nc1cccc(-n2c(=O)n(C3CC3)c(=O)c3c(Nc4ccc(I)cc4F)n(C)c(=O)c(C)c32)c1.CC(=O)Nc1cccc(-n2c(=O)n(C3CC3)c(=O)c3c(Nc4ccc(I)cc4F)n(C)c(=O)c(C)c32)c1.CC(=O)Nc1cccc(-n2c(=O)n(C3CC3)c(=O)c3c(Nc4ccc(I)cc4F)n(C)c(=O)c(C)c32)c1.CC(=O)Nc1cccc(-n2c(=O)n(C3CC3)c(=O)c3c(Nc4ccc(I)cc4F)n(C)c(=O)c(C)c32)c1. The van der Waals surface area contributed by atoms with Crippen LogP contribution >= 0.6 is 90.4 Å². The minimum atomic E-state index is -0.581. The fourth-order valence-electron chi connectivity index (χ4n) is 18.0. The lowest BCUT2D eigenvalue weighted by Crippen LogP contribution is -2.41. The van der Waals surface area contributed by atoms with Gasteiger partial charge in [0.2, 0.25) is 23.6 Å². The van der Waals surface area contributed by atoms with Gasteiger partial charge in [0.1, 0.15) is 68.1 Å². The van der Waals surface area contributed by atoms with Gasteiger partial charge in [0.05, 0.1) is 67.6 Å². The molecule has 4 aliphatic carbocycles. The van der Waals surface area contributed by atoms with Gasteiger partial charge in [-0.25, -0.2) is 36.7 Å². The molecule has 148 heavy (non-hydrogen) atoms. The Labute approximate surface area is 889 Å². The molecule has 4 amide bonds. The van der Waals surface area contributed by atoms with Crippen molar-refractivity contribution < 1.29 is 36.7 Å². The van der Waals surface area contributed by atoms with E-state index in [2.05, 4.69) is 42.5 Å². The summed E-state index contributed by atoms with van der Waals surface area (Å²) >= 11 is 7.96. The van der Waals surface area contributed by atoms with Crippen LogP contribution < -0.4 is 110 Å². The molecule has 0 unspecified atom stereocenters. The minimum absolute atomic E-state index is 0.0804. The molecule has 8 N–H and O–H groups in total. The van der Waals surface area contributed by atoms with Crippen molar-refractivity contribution in [3.8, 4) is 22.7 Å². The fourth-order valence-corrected chi connectivity index (χ4v) is 19.8. The van der Waals surface area contributed by atoms with Gasteiger partial charge in [0, 0.05) is 139 Å². The predicted molar refractivity (Wildman–Crippen MR) is 595 cm³/mol. The van der Waals surface area contributed by atoms with Crippen LogP contribution in [0.5, 0.6) is 0 Å². The number of nitrogens with zero attached hydrogens (tertiary/aromatic N) is 12. The summed E-state index contributed by atoms with van der Waals surface area (Å²) in [5, 5.41) is 22.9. The molecule has 44 heteroatoms. The average Bonchev–Trinajstić information content (AvgIpc) is 1.48.